The van der Waals surface area contributed by atoms with Crippen molar-refractivity contribution in [1.82, 2.24) is 0 Å². The first-order valence-electron chi connectivity index (χ1n) is 16.4. The van der Waals surface area contributed by atoms with E-state index in [0.29, 0.717) is 26.0 Å². The lowest BCUT2D eigenvalue weighted by molar-refractivity contribution is -0.323. The van der Waals surface area contributed by atoms with Crippen LogP contribution in [0.4, 0.5) is 0 Å². The molecule has 0 spiro atoms. The van der Waals surface area contributed by atoms with Gasteiger partial charge in [-0.1, -0.05) is 124 Å². The van der Waals surface area contributed by atoms with E-state index in [0.717, 1.165) is 42.4 Å². The molecule has 2 fully saturated rings. The minimum atomic E-state index is -1.99. The van der Waals surface area contributed by atoms with Crippen molar-refractivity contribution in [3.63, 3.8) is 0 Å². The van der Waals surface area contributed by atoms with Gasteiger partial charge in [-0.2, -0.15) is 0 Å². The molecule has 1 saturated carbocycles. The Morgan fingerprint density at radius 2 is 1.24 bits per heavy atom. The summed E-state index contributed by atoms with van der Waals surface area (Å²) in [5, 5.41) is 0. The largest absolute Gasteiger partial charge is 0.508 e. The average Bonchev–Trinajstić information content (AvgIpc) is 3.06. The first kappa shape index (κ1) is 33.9. The molecule has 1 aliphatic carbocycles. The smallest absolute Gasteiger partial charge is 0.374 e. The quantitative estimate of drug-likeness (QED) is 0.147. The highest BCUT2D eigenvalue weighted by Gasteiger charge is 2.53. The number of hydrogen-bond donors (Lipinski definition) is 0. The molecular formula is C37H48O7P+. The van der Waals surface area contributed by atoms with Gasteiger partial charge in [-0.25, -0.2) is 0 Å². The molecule has 45 heavy (non-hydrogen) atoms. The van der Waals surface area contributed by atoms with Gasteiger partial charge in [-0.05, 0) is 34.1 Å². The van der Waals surface area contributed by atoms with Crippen LogP contribution in [0.1, 0.15) is 62.6 Å². The van der Waals surface area contributed by atoms with Crippen molar-refractivity contribution < 1.29 is 32.8 Å². The van der Waals surface area contributed by atoms with Crippen LogP contribution >= 0.6 is 8.03 Å². The molecule has 0 amide bonds. The topological polar surface area (TPSA) is 72.5 Å². The van der Waals surface area contributed by atoms with Crippen LogP contribution in [0.15, 0.2) is 91.0 Å². The van der Waals surface area contributed by atoms with Crippen LogP contribution in [0.5, 0.6) is 0 Å². The Labute approximate surface area is 269 Å². The molecule has 5 rings (SSSR count). The second-order valence-electron chi connectivity index (χ2n) is 12.4. The summed E-state index contributed by atoms with van der Waals surface area (Å²) in [6.07, 6.45) is 2.63. The second kappa shape index (κ2) is 18.0. The van der Waals surface area contributed by atoms with Gasteiger partial charge in [0.25, 0.3) is 0 Å². The van der Waals surface area contributed by atoms with E-state index in [1.54, 1.807) is 0 Å². The van der Waals surface area contributed by atoms with Gasteiger partial charge in [0.05, 0.1) is 32.5 Å². The Morgan fingerprint density at radius 1 is 0.711 bits per heavy atom. The molecule has 0 N–H and O–H groups in total. The lowest BCUT2D eigenvalue weighted by atomic mass is 9.96. The molecule has 0 radical (unpaired) electrons. The van der Waals surface area contributed by atoms with Crippen LogP contribution in [0.2, 0.25) is 0 Å². The molecule has 6 atom stereocenters. The lowest BCUT2D eigenvalue weighted by Crippen LogP contribution is -2.62. The van der Waals surface area contributed by atoms with Crippen molar-refractivity contribution in [2.45, 2.75) is 103 Å². The van der Waals surface area contributed by atoms with Crippen LogP contribution < -0.4 is 0 Å². The first-order chi connectivity index (χ1) is 22.0. The van der Waals surface area contributed by atoms with E-state index in [-0.39, 0.29) is 18.6 Å². The van der Waals surface area contributed by atoms with E-state index < -0.39 is 38.7 Å². The number of benzene rings is 3. The molecule has 2 aliphatic rings. The van der Waals surface area contributed by atoms with Gasteiger partial charge in [0.15, 0.2) is 18.6 Å². The molecule has 242 valence electrons. The molecule has 1 heterocycles. The molecule has 1 saturated heterocycles. The SMILES string of the molecule is CC(C)C[P+](=O)O[C@H]1[C@@H](OC2CCCCC2)O[C@H](COCc2ccccc2)[C@@H](OCc2ccccc2)[C@@H]1OCc1ccccc1. The van der Waals surface area contributed by atoms with Gasteiger partial charge >= 0.3 is 8.03 Å². The predicted molar refractivity (Wildman–Crippen MR) is 175 cm³/mol. The number of rotatable bonds is 16. The highest BCUT2D eigenvalue weighted by molar-refractivity contribution is 7.39. The van der Waals surface area contributed by atoms with Crippen LogP contribution in [-0.2, 0) is 52.6 Å². The summed E-state index contributed by atoms with van der Waals surface area (Å²) in [4.78, 5) is 0. The Morgan fingerprint density at radius 3 is 1.80 bits per heavy atom. The third-order valence-electron chi connectivity index (χ3n) is 8.19. The van der Waals surface area contributed by atoms with Crippen molar-refractivity contribution in [2.75, 3.05) is 12.8 Å². The number of ether oxygens (including phenoxy) is 5. The Hall–Kier alpha value is -2.48. The highest BCUT2D eigenvalue weighted by Crippen LogP contribution is 2.38. The van der Waals surface area contributed by atoms with Crippen LogP contribution in [0.25, 0.3) is 0 Å². The van der Waals surface area contributed by atoms with Gasteiger partial charge in [0.1, 0.15) is 18.3 Å². The van der Waals surface area contributed by atoms with E-state index in [4.69, 9.17) is 28.2 Å². The van der Waals surface area contributed by atoms with E-state index in [1.807, 2.05) is 105 Å². The van der Waals surface area contributed by atoms with Crippen molar-refractivity contribution >= 4 is 8.03 Å². The average molecular weight is 636 g/mol. The van der Waals surface area contributed by atoms with Crippen LogP contribution in [0, 0.1) is 5.92 Å². The summed E-state index contributed by atoms with van der Waals surface area (Å²) in [5.41, 5.74) is 3.14. The van der Waals surface area contributed by atoms with Gasteiger partial charge in [0.2, 0.25) is 0 Å². The maximum absolute atomic E-state index is 13.4. The minimum absolute atomic E-state index is 0.0419. The maximum atomic E-state index is 13.4. The third-order valence-corrected chi connectivity index (χ3v) is 9.69. The van der Waals surface area contributed by atoms with E-state index >= 15 is 0 Å². The number of hydrogen-bond acceptors (Lipinski definition) is 7. The van der Waals surface area contributed by atoms with Gasteiger partial charge in [0, 0.05) is 5.92 Å². The van der Waals surface area contributed by atoms with Gasteiger partial charge < -0.3 is 23.7 Å². The standard InChI is InChI=1S/C37H48O7P/c1-28(2)27-45(38)44-36-35(41-25-31-19-11-5-12-20-31)34(40-24-30-17-9-4-10-18-30)33(26-39-23-29-15-7-3-8-16-29)43-37(36)42-32-21-13-6-14-22-32/h3-5,7-12,15-20,28,32-37H,6,13-14,21-27H2,1-2H3/q+1/t33-,34-,35+,36-,37+/m1/s1. The summed E-state index contributed by atoms with van der Waals surface area (Å²) in [7, 11) is -1.99. The maximum Gasteiger partial charge on any atom is 0.508 e. The summed E-state index contributed by atoms with van der Waals surface area (Å²) >= 11 is 0. The Bertz CT molecular complexity index is 1250. The van der Waals surface area contributed by atoms with Gasteiger partial charge in [-0.15, -0.1) is 4.52 Å². The fourth-order valence-electron chi connectivity index (χ4n) is 5.89. The highest BCUT2D eigenvalue weighted by atomic mass is 31.1. The van der Waals surface area contributed by atoms with E-state index in [9.17, 15) is 4.57 Å². The molecule has 0 aromatic heterocycles. The molecule has 3 aromatic carbocycles. The lowest BCUT2D eigenvalue weighted by Gasteiger charge is -2.45. The summed E-state index contributed by atoms with van der Waals surface area (Å²) in [5.74, 6) is 0.212. The van der Waals surface area contributed by atoms with Crippen LogP contribution in [-0.4, -0.2) is 49.6 Å². The first-order valence-corrected chi connectivity index (χ1v) is 17.8. The third kappa shape index (κ3) is 10.8. The van der Waals surface area contributed by atoms with Crippen molar-refractivity contribution in [2.24, 2.45) is 5.92 Å². The fraction of sp³-hybridized carbons (Fsp3) is 0.514. The predicted octanol–water partition coefficient (Wildman–Crippen LogP) is 8.23. The summed E-state index contributed by atoms with van der Waals surface area (Å²) < 4.78 is 52.8. The van der Waals surface area contributed by atoms with E-state index in [1.165, 1.54) is 6.42 Å². The van der Waals surface area contributed by atoms with Crippen molar-refractivity contribution in [1.29, 1.82) is 0 Å². The zero-order chi connectivity index (χ0) is 31.3. The minimum Gasteiger partial charge on any atom is -0.374 e. The Balaban J connectivity index is 1.44. The van der Waals surface area contributed by atoms with Gasteiger partial charge in [-0.3, -0.25) is 0 Å². The second-order valence-corrected chi connectivity index (χ2v) is 13.7. The normalized spacial score (nSPS) is 24.5. The molecule has 7 nitrogen and oxygen atoms in total. The fourth-order valence-corrected chi connectivity index (χ4v) is 7.07. The molecule has 3 aromatic rings. The molecular weight excluding hydrogens is 587 g/mol. The summed E-state index contributed by atoms with van der Waals surface area (Å²) in [6, 6.07) is 30.2. The molecule has 0 bridgehead atoms. The molecule has 1 aliphatic heterocycles. The molecule has 1 unspecified atom stereocenters. The summed E-state index contributed by atoms with van der Waals surface area (Å²) in [6.45, 7) is 5.49. The monoisotopic (exact) mass is 635 g/mol. The van der Waals surface area contributed by atoms with Crippen LogP contribution in [0.3, 0.4) is 0 Å². The molecule has 8 heteroatoms. The van der Waals surface area contributed by atoms with Crippen molar-refractivity contribution in [3.05, 3.63) is 108 Å². The van der Waals surface area contributed by atoms with E-state index in [2.05, 4.69) is 0 Å². The zero-order valence-corrected chi connectivity index (χ0v) is 27.5. The Kier molecular flexibility index (Phi) is 13.6. The van der Waals surface area contributed by atoms with Crippen molar-refractivity contribution in [3.8, 4) is 0 Å². The zero-order valence-electron chi connectivity index (χ0n) is 26.6.